The van der Waals surface area contributed by atoms with Crippen molar-refractivity contribution in [2.75, 3.05) is 12.4 Å². The summed E-state index contributed by atoms with van der Waals surface area (Å²) < 4.78 is 5.18. The molecule has 0 radical (unpaired) electrons. The van der Waals surface area contributed by atoms with Crippen LogP contribution in [-0.4, -0.2) is 13.1 Å². The number of ether oxygens (including phenoxy) is 1. The average molecular weight is 306 g/mol. The van der Waals surface area contributed by atoms with Crippen LogP contribution in [0.4, 0.5) is 10.5 Å². The lowest BCUT2D eigenvalue weighted by molar-refractivity contribution is 0.251. The topological polar surface area (TPSA) is 50.4 Å². The van der Waals surface area contributed by atoms with Crippen molar-refractivity contribution < 1.29 is 9.53 Å². The SMILES string of the molecule is COc1cccc(CNC(=O)Nc2cccc3ccccc23)c1. The summed E-state index contributed by atoms with van der Waals surface area (Å²) in [6.45, 7) is 0.438. The summed E-state index contributed by atoms with van der Waals surface area (Å²) >= 11 is 0. The van der Waals surface area contributed by atoms with Gasteiger partial charge in [0.05, 0.1) is 12.8 Å². The lowest BCUT2D eigenvalue weighted by Gasteiger charge is -2.10. The number of benzene rings is 3. The van der Waals surface area contributed by atoms with Gasteiger partial charge in [-0.25, -0.2) is 4.79 Å². The third kappa shape index (κ3) is 3.61. The van der Waals surface area contributed by atoms with Crippen LogP contribution in [0.25, 0.3) is 10.8 Å². The Bertz CT molecular complexity index is 825. The summed E-state index contributed by atoms with van der Waals surface area (Å²) in [6, 6.07) is 21.2. The van der Waals surface area contributed by atoms with E-state index in [1.807, 2.05) is 66.7 Å². The maximum absolute atomic E-state index is 12.1. The molecule has 0 bridgehead atoms. The van der Waals surface area contributed by atoms with E-state index in [9.17, 15) is 4.79 Å². The third-order valence-corrected chi connectivity index (χ3v) is 3.63. The number of rotatable bonds is 4. The van der Waals surface area contributed by atoms with Gasteiger partial charge in [-0.1, -0.05) is 48.5 Å². The maximum Gasteiger partial charge on any atom is 0.319 e. The number of methoxy groups -OCH3 is 1. The van der Waals surface area contributed by atoms with Crippen LogP contribution in [0, 0.1) is 0 Å². The van der Waals surface area contributed by atoms with Crippen molar-refractivity contribution >= 4 is 22.5 Å². The molecule has 0 aromatic heterocycles. The van der Waals surface area contributed by atoms with E-state index in [2.05, 4.69) is 10.6 Å². The number of amides is 2. The lowest BCUT2D eigenvalue weighted by Crippen LogP contribution is -2.28. The molecule has 0 aliphatic heterocycles. The molecule has 0 spiro atoms. The zero-order chi connectivity index (χ0) is 16.1. The predicted octanol–water partition coefficient (Wildman–Crippen LogP) is 4.17. The molecule has 3 aromatic rings. The second-order valence-electron chi connectivity index (χ2n) is 5.19. The predicted molar refractivity (Wildman–Crippen MR) is 92.8 cm³/mol. The number of hydrogen-bond acceptors (Lipinski definition) is 2. The highest BCUT2D eigenvalue weighted by molar-refractivity contribution is 6.01. The van der Waals surface area contributed by atoms with Gasteiger partial charge in [0.25, 0.3) is 0 Å². The zero-order valence-electron chi connectivity index (χ0n) is 12.9. The van der Waals surface area contributed by atoms with Crippen LogP contribution in [0.2, 0.25) is 0 Å². The molecule has 0 atom stereocenters. The van der Waals surface area contributed by atoms with E-state index in [1.165, 1.54) is 0 Å². The van der Waals surface area contributed by atoms with Crippen LogP contribution >= 0.6 is 0 Å². The third-order valence-electron chi connectivity index (χ3n) is 3.63. The van der Waals surface area contributed by atoms with Gasteiger partial charge in [-0.05, 0) is 29.1 Å². The number of urea groups is 1. The van der Waals surface area contributed by atoms with Crippen molar-refractivity contribution in [2.24, 2.45) is 0 Å². The minimum Gasteiger partial charge on any atom is -0.497 e. The number of fused-ring (bicyclic) bond motifs is 1. The Morgan fingerprint density at radius 2 is 1.78 bits per heavy atom. The molecule has 116 valence electrons. The summed E-state index contributed by atoms with van der Waals surface area (Å²) in [5, 5.41) is 7.88. The fourth-order valence-corrected chi connectivity index (χ4v) is 2.47. The van der Waals surface area contributed by atoms with Gasteiger partial charge >= 0.3 is 6.03 Å². The molecule has 4 nitrogen and oxygen atoms in total. The largest absolute Gasteiger partial charge is 0.497 e. The summed E-state index contributed by atoms with van der Waals surface area (Å²) in [4.78, 5) is 12.1. The van der Waals surface area contributed by atoms with Crippen molar-refractivity contribution in [3.8, 4) is 5.75 Å². The molecule has 23 heavy (non-hydrogen) atoms. The van der Waals surface area contributed by atoms with Crippen LogP contribution in [0.5, 0.6) is 5.75 Å². The van der Waals surface area contributed by atoms with Crippen LogP contribution in [-0.2, 0) is 6.54 Å². The smallest absolute Gasteiger partial charge is 0.319 e. The Morgan fingerprint density at radius 1 is 1.00 bits per heavy atom. The Hall–Kier alpha value is -3.01. The molecule has 3 rings (SSSR count). The molecule has 2 amide bonds. The molecule has 0 saturated heterocycles. The highest BCUT2D eigenvalue weighted by Crippen LogP contribution is 2.22. The van der Waals surface area contributed by atoms with E-state index < -0.39 is 0 Å². The molecule has 3 aromatic carbocycles. The quantitative estimate of drug-likeness (QED) is 0.760. The number of hydrogen-bond donors (Lipinski definition) is 2. The molecule has 0 unspecified atom stereocenters. The minimum absolute atomic E-state index is 0.232. The molecule has 2 N–H and O–H groups in total. The number of carbonyl (C=O) groups excluding carboxylic acids is 1. The standard InChI is InChI=1S/C19H18N2O2/c1-23-16-9-4-6-14(12-16)13-20-19(22)21-18-11-5-8-15-7-2-3-10-17(15)18/h2-12H,13H2,1H3,(H2,20,21,22). The second-order valence-corrected chi connectivity index (χ2v) is 5.19. The molecule has 0 heterocycles. The molecular weight excluding hydrogens is 288 g/mol. The molecule has 4 heteroatoms. The summed E-state index contributed by atoms with van der Waals surface area (Å²) in [7, 11) is 1.62. The molecule has 0 saturated carbocycles. The van der Waals surface area contributed by atoms with Gasteiger partial charge < -0.3 is 15.4 Å². The van der Waals surface area contributed by atoms with Crippen molar-refractivity contribution in [3.63, 3.8) is 0 Å². The van der Waals surface area contributed by atoms with Gasteiger partial charge in [-0.15, -0.1) is 0 Å². The normalized spacial score (nSPS) is 10.3. The maximum atomic E-state index is 12.1. The minimum atomic E-state index is -0.232. The average Bonchev–Trinajstić information content (AvgIpc) is 2.60. The first kappa shape index (κ1) is 14.9. The van der Waals surface area contributed by atoms with E-state index in [-0.39, 0.29) is 6.03 Å². The summed E-state index contributed by atoms with van der Waals surface area (Å²) in [5.41, 5.74) is 1.78. The van der Waals surface area contributed by atoms with Gasteiger partial charge in [0, 0.05) is 11.9 Å². The van der Waals surface area contributed by atoms with Crippen LogP contribution in [0.3, 0.4) is 0 Å². The number of carbonyl (C=O) groups is 1. The first-order chi connectivity index (χ1) is 11.3. The first-order valence-electron chi connectivity index (χ1n) is 7.42. The van der Waals surface area contributed by atoms with Gasteiger partial charge in [-0.3, -0.25) is 0 Å². The fourth-order valence-electron chi connectivity index (χ4n) is 2.47. The van der Waals surface area contributed by atoms with Gasteiger partial charge in [0.15, 0.2) is 0 Å². The van der Waals surface area contributed by atoms with Crippen LogP contribution in [0.1, 0.15) is 5.56 Å². The molecule has 0 aliphatic carbocycles. The zero-order valence-corrected chi connectivity index (χ0v) is 12.9. The molecule has 0 fully saturated rings. The van der Waals surface area contributed by atoms with Crippen molar-refractivity contribution in [1.82, 2.24) is 5.32 Å². The van der Waals surface area contributed by atoms with E-state index in [4.69, 9.17) is 4.74 Å². The van der Waals surface area contributed by atoms with Crippen LogP contribution < -0.4 is 15.4 Å². The number of anilines is 1. The first-order valence-corrected chi connectivity index (χ1v) is 7.42. The highest BCUT2D eigenvalue weighted by atomic mass is 16.5. The Morgan fingerprint density at radius 3 is 2.65 bits per heavy atom. The Labute approximate surface area is 135 Å². The van der Waals surface area contributed by atoms with Gasteiger partial charge in [0.2, 0.25) is 0 Å². The van der Waals surface area contributed by atoms with E-state index >= 15 is 0 Å². The van der Waals surface area contributed by atoms with Gasteiger partial charge in [-0.2, -0.15) is 0 Å². The lowest BCUT2D eigenvalue weighted by atomic mass is 10.1. The Kier molecular flexibility index (Phi) is 4.43. The van der Waals surface area contributed by atoms with Gasteiger partial charge in [0.1, 0.15) is 5.75 Å². The fraction of sp³-hybridized carbons (Fsp3) is 0.105. The number of nitrogens with one attached hydrogen (secondary N) is 2. The van der Waals surface area contributed by atoms with Crippen molar-refractivity contribution in [2.45, 2.75) is 6.54 Å². The second kappa shape index (κ2) is 6.83. The molecular formula is C19H18N2O2. The van der Waals surface area contributed by atoms with Crippen molar-refractivity contribution in [3.05, 3.63) is 72.3 Å². The van der Waals surface area contributed by atoms with E-state index in [0.717, 1.165) is 27.8 Å². The van der Waals surface area contributed by atoms with Crippen molar-refractivity contribution in [1.29, 1.82) is 0 Å². The molecule has 0 aliphatic rings. The Balaban J connectivity index is 1.67. The summed E-state index contributed by atoms with van der Waals surface area (Å²) in [5.74, 6) is 0.777. The highest BCUT2D eigenvalue weighted by Gasteiger charge is 2.05. The van der Waals surface area contributed by atoms with Crippen LogP contribution in [0.15, 0.2) is 66.7 Å². The van der Waals surface area contributed by atoms with E-state index in [0.29, 0.717) is 6.54 Å². The summed E-state index contributed by atoms with van der Waals surface area (Å²) in [6.07, 6.45) is 0. The van der Waals surface area contributed by atoms with E-state index in [1.54, 1.807) is 7.11 Å². The monoisotopic (exact) mass is 306 g/mol.